The fraction of sp³-hybridized carbons (Fsp3) is 0.250. The van der Waals surface area contributed by atoms with Crippen molar-refractivity contribution in [1.29, 1.82) is 0 Å². The third-order valence-electron chi connectivity index (χ3n) is 4.26. The maximum Gasteiger partial charge on any atom is 0.272 e. The van der Waals surface area contributed by atoms with Crippen molar-refractivity contribution in [3.8, 4) is 0 Å². The van der Waals surface area contributed by atoms with Crippen LogP contribution in [0.4, 0.5) is 0 Å². The molecule has 1 N–H and O–H groups in total. The van der Waals surface area contributed by atoms with E-state index in [4.69, 9.17) is 0 Å². The fourth-order valence-electron chi connectivity index (χ4n) is 2.68. The zero-order chi connectivity index (χ0) is 17.8. The summed E-state index contributed by atoms with van der Waals surface area (Å²) in [6.07, 6.45) is 2.42. The molecule has 5 nitrogen and oxygen atoms in total. The first kappa shape index (κ1) is 16.9. The van der Waals surface area contributed by atoms with Crippen LogP contribution in [0.15, 0.2) is 54.7 Å². The predicted octanol–water partition coefficient (Wildman–Crippen LogP) is 3.15. The maximum absolute atomic E-state index is 12.6. The summed E-state index contributed by atoms with van der Waals surface area (Å²) in [7, 11) is 1.83. The molecule has 1 atom stereocenters. The van der Waals surface area contributed by atoms with Crippen molar-refractivity contribution in [2.24, 2.45) is 7.05 Å². The van der Waals surface area contributed by atoms with Gasteiger partial charge in [0.25, 0.3) is 5.91 Å². The van der Waals surface area contributed by atoms with Gasteiger partial charge in [-0.3, -0.25) is 14.5 Å². The molecule has 0 radical (unpaired) electrons. The van der Waals surface area contributed by atoms with Crippen molar-refractivity contribution in [3.63, 3.8) is 0 Å². The number of aryl methyl sites for hydroxylation is 3. The number of nitrogens with zero attached hydrogens (tertiary/aromatic N) is 3. The van der Waals surface area contributed by atoms with Gasteiger partial charge in [0.2, 0.25) is 0 Å². The Kier molecular flexibility index (Phi) is 4.93. The molecule has 1 amide bonds. The van der Waals surface area contributed by atoms with E-state index < -0.39 is 0 Å². The van der Waals surface area contributed by atoms with Gasteiger partial charge in [-0.1, -0.05) is 35.9 Å². The summed E-state index contributed by atoms with van der Waals surface area (Å²) in [5, 5.41) is 7.34. The van der Waals surface area contributed by atoms with Gasteiger partial charge in [0.1, 0.15) is 5.69 Å². The van der Waals surface area contributed by atoms with Gasteiger partial charge < -0.3 is 5.32 Å². The number of aromatic nitrogens is 3. The molecule has 3 aromatic rings. The maximum atomic E-state index is 12.6. The molecular formula is C20H22N4O. The average Bonchev–Trinajstić information content (AvgIpc) is 2.96. The Bertz CT molecular complexity index is 834. The number of carbonyl (C=O) groups excluding carboxylic acids is 1. The van der Waals surface area contributed by atoms with Crippen LogP contribution in [-0.2, 0) is 13.5 Å². The summed E-state index contributed by atoms with van der Waals surface area (Å²) in [4.78, 5) is 17.0. The van der Waals surface area contributed by atoms with E-state index in [0.717, 1.165) is 17.0 Å². The van der Waals surface area contributed by atoms with E-state index in [0.29, 0.717) is 12.1 Å². The molecule has 128 valence electrons. The monoisotopic (exact) mass is 334 g/mol. The van der Waals surface area contributed by atoms with E-state index in [1.165, 1.54) is 5.56 Å². The number of benzene rings is 1. The van der Waals surface area contributed by atoms with Gasteiger partial charge >= 0.3 is 0 Å². The second-order valence-electron chi connectivity index (χ2n) is 6.26. The van der Waals surface area contributed by atoms with Gasteiger partial charge in [-0.25, -0.2) is 0 Å². The molecule has 0 aliphatic rings. The fourth-order valence-corrected chi connectivity index (χ4v) is 2.68. The number of nitrogens with one attached hydrogen (secondary N) is 1. The molecule has 0 fully saturated rings. The smallest absolute Gasteiger partial charge is 0.272 e. The van der Waals surface area contributed by atoms with Crippen molar-refractivity contribution < 1.29 is 4.79 Å². The van der Waals surface area contributed by atoms with Crippen LogP contribution < -0.4 is 5.32 Å². The van der Waals surface area contributed by atoms with Gasteiger partial charge in [-0.2, -0.15) is 5.10 Å². The topological polar surface area (TPSA) is 59.8 Å². The van der Waals surface area contributed by atoms with E-state index in [1.54, 1.807) is 16.9 Å². The van der Waals surface area contributed by atoms with E-state index in [9.17, 15) is 4.79 Å². The third kappa shape index (κ3) is 4.12. The van der Waals surface area contributed by atoms with E-state index >= 15 is 0 Å². The predicted molar refractivity (Wildman–Crippen MR) is 97.3 cm³/mol. The zero-order valence-corrected chi connectivity index (χ0v) is 14.7. The number of carbonyl (C=O) groups is 1. The molecule has 1 unspecified atom stereocenters. The van der Waals surface area contributed by atoms with E-state index in [-0.39, 0.29) is 11.9 Å². The van der Waals surface area contributed by atoms with Crippen LogP contribution >= 0.6 is 0 Å². The van der Waals surface area contributed by atoms with Gasteiger partial charge in [-0.05, 0) is 44.0 Å². The van der Waals surface area contributed by atoms with Crippen LogP contribution in [0.3, 0.4) is 0 Å². The molecule has 3 rings (SSSR count). The third-order valence-corrected chi connectivity index (χ3v) is 4.26. The first-order chi connectivity index (χ1) is 12.0. The first-order valence-corrected chi connectivity index (χ1v) is 8.31. The molecule has 0 saturated heterocycles. The average molecular weight is 334 g/mol. The molecule has 2 heterocycles. The van der Waals surface area contributed by atoms with Crippen molar-refractivity contribution in [2.45, 2.75) is 26.3 Å². The number of hydrogen-bond donors (Lipinski definition) is 1. The SMILES string of the molecule is Cc1ccc(CC(NC(=O)c2cc(C)n(C)n2)c2ccccn2)cc1. The van der Waals surface area contributed by atoms with E-state index in [1.807, 2.05) is 32.2 Å². The van der Waals surface area contributed by atoms with Gasteiger partial charge in [0, 0.05) is 18.9 Å². The Labute approximate surface area is 147 Å². The Balaban J connectivity index is 1.83. The summed E-state index contributed by atoms with van der Waals surface area (Å²) in [5.74, 6) is -0.188. The molecule has 0 bridgehead atoms. The van der Waals surface area contributed by atoms with Crippen molar-refractivity contribution in [3.05, 3.63) is 82.9 Å². The van der Waals surface area contributed by atoms with Crippen molar-refractivity contribution in [1.82, 2.24) is 20.1 Å². The first-order valence-electron chi connectivity index (χ1n) is 8.31. The Hall–Kier alpha value is -2.95. The molecule has 0 aliphatic heterocycles. The van der Waals surface area contributed by atoms with Crippen LogP contribution in [0.5, 0.6) is 0 Å². The lowest BCUT2D eigenvalue weighted by molar-refractivity contribution is 0.0930. The number of rotatable bonds is 5. The highest BCUT2D eigenvalue weighted by atomic mass is 16.2. The van der Waals surface area contributed by atoms with Crippen LogP contribution in [-0.4, -0.2) is 20.7 Å². The van der Waals surface area contributed by atoms with Crippen LogP contribution in [0.1, 0.15) is 39.0 Å². The standard InChI is InChI=1S/C20H22N4O/c1-14-7-9-16(10-8-14)13-18(17-6-4-5-11-21-17)22-20(25)19-12-15(2)24(3)23-19/h4-12,18H,13H2,1-3H3,(H,22,25). The minimum Gasteiger partial charge on any atom is -0.342 e. The lowest BCUT2D eigenvalue weighted by Crippen LogP contribution is -2.31. The summed E-state index contributed by atoms with van der Waals surface area (Å²) < 4.78 is 1.70. The molecule has 2 aromatic heterocycles. The summed E-state index contributed by atoms with van der Waals surface area (Å²) in [6, 6.07) is 15.6. The normalized spacial score (nSPS) is 12.0. The molecular weight excluding hydrogens is 312 g/mol. The molecule has 25 heavy (non-hydrogen) atoms. The zero-order valence-electron chi connectivity index (χ0n) is 14.7. The van der Waals surface area contributed by atoms with Crippen LogP contribution in [0.25, 0.3) is 0 Å². The molecule has 5 heteroatoms. The quantitative estimate of drug-likeness (QED) is 0.780. The summed E-state index contributed by atoms with van der Waals surface area (Å²) >= 11 is 0. The molecule has 0 saturated carbocycles. The minimum atomic E-state index is -0.210. The van der Waals surface area contributed by atoms with Crippen molar-refractivity contribution >= 4 is 5.91 Å². The molecule has 1 aromatic carbocycles. The second-order valence-corrected chi connectivity index (χ2v) is 6.26. The highest BCUT2D eigenvalue weighted by Crippen LogP contribution is 2.18. The van der Waals surface area contributed by atoms with Gasteiger partial charge in [0.15, 0.2) is 0 Å². The number of amides is 1. The van der Waals surface area contributed by atoms with Crippen LogP contribution in [0.2, 0.25) is 0 Å². The van der Waals surface area contributed by atoms with Gasteiger partial charge in [0.05, 0.1) is 11.7 Å². The lowest BCUT2D eigenvalue weighted by Gasteiger charge is -2.18. The second kappa shape index (κ2) is 7.30. The number of hydrogen-bond acceptors (Lipinski definition) is 3. The summed E-state index contributed by atoms with van der Waals surface area (Å²) in [5.41, 5.74) is 4.57. The van der Waals surface area contributed by atoms with Gasteiger partial charge in [-0.15, -0.1) is 0 Å². The minimum absolute atomic E-state index is 0.188. The Morgan fingerprint density at radius 1 is 1.16 bits per heavy atom. The Morgan fingerprint density at radius 3 is 2.52 bits per heavy atom. The largest absolute Gasteiger partial charge is 0.342 e. The van der Waals surface area contributed by atoms with Crippen molar-refractivity contribution in [2.75, 3.05) is 0 Å². The summed E-state index contributed by atoms with van der Waals surface area (Å²) in [6.45, 7) is 3.98. The molecule has 0 aliphatic carbocycles. The molecule has 0 spiro atoms. The lowest BCUT2D eigenvalue weighted by atomic mass is 10.0. The highest BCUT2D eigenvalue weighted by molar-refractivity contribution is 5.92. The van der Waals surface area contributed by atoms with Crippen LogP contribution in [0, 0.1) is 13.8 Å². The number of pyridine rings is 1. The highest BCUT2D eigenvalue weighted by Gasteiger charge is 2.19. The van der Waals surface area contributed by atoms with E-state index in [2.05, 4.69) is 46.6 Å². The Morgan fingerprint density at radius 2 is 1.92 bits per heavy atom.